The summed E-state index contributed by atoms with van der Waals surface area (Å²) < 4.78 is 42.7. The largest absolute Gasteiger partial charge is 0.573 e. The van der Waals surface area contributed by atoms with E-state index in [1.54, 1.807) is 59.5 Å². The SMILES string of the molecule is CC1(C)C(c2cccc(OC(F)(F)F)c2)N(c2ccc(Cl)cc2)C(=O)N1c1ccc(C#N)cc1. The number of urea groups is 1. The Kier molecular flexibility index (Phi) is 5.92. The first-order chi connectivity index (χ1) is 16.0. The van der Waals surface area contributed by atoms with Crippen molar-refractivity contribution in [1.29, 1.82) is 5.26 Å². The van der Waals surface area contributed by atoms with Crippen molar-refractivity contribution in [2.24, 2.45) is 0 Å². The summed E-state index contributed by atoms with van der Waals surface area (Å²) in [5, 5.41) is 9.60. The third kappa shape index (κ3) is 4.39. The number of carbonyl (C=O) groups excluding carboxylic acids is 1. The average Bonchev–Trinajstić information content (AvgIpc) is 2.98. The van der Waals surface area contributed by atoms with Crippen molar-refractivity contribution in [2.45, 2.75) is 31.8 Å². The zero-order valence-electron chi connectivity index (χ0n) is 18.2. The fourth-order valence-electron chi connectivity index (χ4n) is 4.33. The molecule has 0 bridgehead atoms. The summed E-state index contributed by atoms with van der Waals surface area (Å²) >= 11 is 6.04. The predicted molar refractivity (Wildman–Crippen MR) is 123 cm³/mol. The number of benzene rings is 3. The van der Waals surface area contributed by atoms with E-state index in [0.717, 1.165) is 0 Å². The van der Waals surface area contributed by atoms with Gasteiger partial charge in [0.2, 0.25) is 0 Å². The number of hydrogen-bond acceptors (Lipinski definition) is 3. The summed E-state index contributed by atoms with van der Waals surface area (Å²) in [5.74, 6) is -0.374. The second-order valence-corrected chi connectivity index (χ2v) is 8.74. The van der Waals surface area contributed by atoms with Crippen LogP contribution in [0.1, 0.15) is 31.0 Å². The Balaban J connectivity index is 1.86. The molecule has 9 heteroatoms. The highest BCUT2D eigenvalue weighted by Gasteiger charge is 2.53. The third-order valence-corrected chi connectivity index (χ3v) is 5.92. The Hall–Kier alpha value is -3.70. The van der Waals surface area contributed by atoms with Crippen LogP contribution in [0.5, 0.6) is 5.75 Å². The number of ether oxygens (including phenoxy) is 1. The molecule has 5 nitrogen and oxygen atoms in total. The summed E-state index contributed by atoms with van der Waals surface area (Å²) in [5.41, 5.74) is 1.09. The number of hydrogen-bond donors (Lipinski definition) is 0. The van der Waals surface area contributed by atoms with Gasteiger partial charge < -0.3 is 4.74 Å². The number of halogens is 4. The molecule has 0 N–H and O–H groups in total. The van der Waals surface area contributed by atoms with Gasteiger partial charge >= 0.3 is 12.4 Å². The highest BCUT2D eigenvalue weighted by Crippen LogP contribution is 2.48. The highest BCUT2D eigenvalue weighted by atomic mass is 35.5. The normalized spacial score (nSPS) is 17.6. The summed E-state index contributed by atoms with van der Waals surface area (Å²) in [7, 11) is 0. The maximum atomic E-state index is 13.8. The number of nitrogens with zero attached hydrogens (tertiary/aromatic N) is 3. The number of nitriles is 1. The Morgan fingerprint density at radius 2 is 1.62 bits per heavy atom. The van der Waals surface area contributed by atoms with E-state index < -0.39 is 17.9 Å². The van der Waals surface area contributed by atoms with Gasteiger partial charge in [-0.25, -0.2) is 4.79 Å². The quantitative estimate of drug-likeness (QED) is 0.397. The van der Waals surface area contributed by atoms with E-state index in [2.05, 4.69) is 4.74 Å². The van der Waals surface area contributed by atoms with Crippen molar-refractivity contribution in [3.8, 4) is 11.8 Å². The van der Waals surface area contributed by atoms with Crippen molar-refractivity contribution in [1.82, 2.24) is 0 Å². The fraction of sp³-hybridized carbons (Fsp3) is 0.200. The van der Waals surface area contributed by atoms with Crippen LogP contribution in [0.3, 0.4) is 0 Å². The van der Waals surface area contributed by atoms with Crippen molar-refractivity contribution < 1.29 is 22.7 Å². The molecule has 0 aliphatic carbocycles. The van der Waals surface area contributed by atoms with Gasteiger partial charge in [-0.2, -0.15) is 5.26 Å². The lowest BCUT2D eigenvalue weighted by Gasteiger charge is -2.35. The molecule has 1 unspecified atom stereocenters. The summed E-state index contributed by atoms with van der Waals surface area (Å²) in [6.07, 6.45) is -4.84. The first kappa shape index (κ1) is 23.5. The molecule has 0 radical (unpaired) electrons. The molecule has 1 aliphatic heterocycles. The van der Waals surface area contributed by atoms with Gasteiger partial charge in [0.15, 0.2) is 0 Å². The number of carbonyl (C=O) groups is 1. The van der Waals surface area contributed by atoms with Crippen LogP contribution in [0.15, 0.2) is 72.8 Å². The zero-order chi connectivity index (χ0) is 24.7. The summed E-state index contributed by atoms with van der Waals surface area (Å²) in [4.78, 5) is 16.9. The first-order valence-corrected chi connectivity index (χ1v) is 10.6. The van der Waals surface area contributed by atoms with E-state index in [9.17, 15) is 18.0 Å². The minimum Gasteiger partial charge on any atom is -0.406 e. The molecule has 0 saturated carbocycles. The van der Waals surface area contributed by atoms with Crippen LogP contribution < -0.4 is 14.5 Å². The monoisotopic (exact) mass is 485 g/mol. The van der Waals surface area contributed by atoms with Crippen LogP contribution in [0, 0.1) is 11.3 Å². The van der Waals surface area contributed by atoms with E-state index in [0.29, 0.717) is 27.5 Å². The first-order valence-electron chi connectivity index (χ1n) is 10.3. The van der Waals surface area contributed by atoms with Crippen molar-refractivity contribution >= 4 is 29.0 Å². The second-order valence-electron chi connectivity index (χ2n) is 8.30. The molecule has 174 valence electrons. The van der Waals surface area contributed by atoms with Crippen LogP contribution in [-0.2, 0) is 0 Å². The molecular formula is C25H19ClF3N3O2. The fourth-order valence-corrected chi connectivity index (χ4v) is 4.46. The van der Waals surface area contributed by atoms with Crippen LogP contribution in [0.4, 0.5) is 29.3 Å². The Labute approximate surface area is 199 Å². The molecule has 4 rings (SSSR count). The van der Waals surface area contributed by atoms with Gasteiger partial charge in [0, 0.05) is 16.4 Å². The smallest absolute Gasteiger partial charge is 0.406 e. The van der Waals surface area contributed by atoms with Crippen molar-refractivity contribution in [3.05, 3.63) is 88.9 Å². The molecule has 1 aliphatic rings. The van der Waals surface area contributed by atoms with Gasteiger partial charge in [-0.15, -0.1) is 13.2 Å². The van der Waals surface area contributed by atoms with Gasteiger partial charge in [0.05, 0.1) is 23.2 Å². The van der Waals surface area contributed by atoms with Crippen LogP contribution in [0.25, 0.3) is 0 Å². The van der Waals surface area contributed by atoms with Gasteiger partial charge in [0.1, 0.15) is 5.75 Å². The van der Waals surface area contributed by atoms with E-state index in [1.165, 1.54) is 23.1 Å². The molecule has 0 aromatic heterocycles. The average molecular weight is 486 g/mol. The van der Waals surface area contributed by atoms with Crippen LogP contribution >= 0.6 is 11.6 Å². The molecule has 1 atom stereocenters. The van der Waals surface area contributed by atoms with E-state index in [-0.39, 0.29) is 11.8 Å². The zero-order valence-corrected chi connectivity index (χ0v) is 18.9. The number of amides is 2. The maximum Gasteiger partial charge on any atom is 0.573 e. The standard InChI is InChI=1S/C25H19ClF3N3O2/c1-24(2)22(17-4-3-5-21(14-17)34-25(27,28)29)31(19-12-8-18(26)9-13-19)23(33)32(24)20-10-6-16(15-30)7-11-20/h3-14,22H,1-2H3. The third-order valence-electron chi connectivity index (χ3n) is 5.67. The minimum absolute atomic E-state index is 0.371. The lowest BCUT2D eigenvalue weighted by atomic mass is 9.87. The van der Waals surface area contributed by atoms with E-state index in [4.69, 9.17) is 16.9 Å². The molecule has 0 spiro atoms. The van der Waals surface area contributed by atoms with E-state index in [1.807, 2.05) is 19.9 Å². The molecule has 1 heterocycles. The number of alkyl halides is 3. The maximum absolute atomic E-state index is 13.8. The van der Waals surface area contributed by atoms with Crippen molar-refractivity contribution in [3.63, 3.8) is 0 Å². The summed E-state index contributed by atoms with van der Waals surface area (Å²) in [6, 6.07) is 19.8. The van der Waals surface area contributed by atoms with E-state index >= 15 is 0 Å². The Bertz CT molecular complexity index is 1250. The summed E-state index contributed by atoms with van der Waals surface area (Å²) in [6.45, 7) is 3.67. The van der Waals surface area contributed by atoms with Crippen LogP contribution in [-0.4, -0.2) is 17.9 Å². The van der Waals surface area contributed by atoms with Crippen molar-refractivity contribution in [2.75, 3.05) is 9.80 Å². The topological polar surface area (TPSA) is 56.6 Å². The van der Waals surface area contributed by atoms with Gasteiger partial charge in [-0.1, -0.05) is 23.7 Å². The molecule has 3 aromatic carbocycles. The molecule has 2 amide bonds. The molecule has 1 fully saturated rings. The highest BCUT2D eigenvalue weighted by molar-refractivity contribution is 6.30. The van der Waals surface area contributed by atoms with Gasteiger partial charge in [0.25, 0.3) is 0 Å². The molecule has 1 saturated heterocycles. The predicted octanol–water partition coefficient (Wildman–Crippen LogP) is 7.08. The second kappa shape index (κ2) is 8.58. The van der Waals surface area contributed by atoms with Crippen LogP contribution in [0.2, 0.25) is 5.02 Å². The Morgan fingerprint density at radius 3 is 2.21 bits per heavy atom. The van der Waals surface area contributed by atoms with Gasteiger partial charge in [-0.05, 0) is 80.1 Å². The Morgan fingerprint density at radius 1 is 1.00 bits per heavy atom. The molecule has 34 heavy (non-hydrogen) atoms. The number of anilines is 2. The minimum atomic E-state index is -4.84. The number of rotatable bonds is 4. The van der Waals surface area contributed by atoms with Gasteiger partial charge in [-0.3, -0.25) is 9.80 Å². The molecule has 3 aromatic rings. The molecular weight excluding hydrogens is 467 g/mol. The lowest BCUT2D eigenvalue weighted by molar-refractivity contribution is -0.274. The lowest BCUT2D eigenvalue weighted by Crippen LogP contribution is -2.43.